The lowest BCUT2D eigenvalue weighted by molar-refractivity contribution is -0.124. The second-order valence-corrected chi connectivity index (χ2v) is 10.7. The van der Waals surface area contributed by atoms with E-state index < -0.39 is 0 Å². The van der Waals surface area contributed by atoms with E-state index in [1.807, 2.05) is 76.5 Å². The second kappa shape index (κ2) is 9.99. The molecule has 2 amide bonds. The average molecular weight is 500 g/mol. The largest absolute Gasteiger partial charge is 0.376 e. The molecule has 4 aromatic rings. The van der Waals surface area contributed by atoms with E-state index >= 15 is 0 Å². The van der Waals surface area contributed by atoms with Gasteiger partial charge in [0, 0.05) is 31.2 Å². The predicted octanol–water partition coefficient (Wildman–Crippen LogP) is 5.51. The Balaban J connectivity index is 1.19. The second-order valence-electron chi connectivity index (χ2n) is 9.64. The number of carbonyl (C=O) groups is 2. The number of hydrogen-bond donors (Lipinski definition) is 0. The zero-order valence-electron chi connectivity index (χ0n) is 20.1. The summed E-state index contributed by atoms with van der Waals surface area (Å²) in [5.41, 5.74) is 1.64. The molecule has 0 aliphatic carbocycles. The van der Waals surface area contributed by atoms with Crippen molar-refractivity contribution in [2.75, 3.05) is 31.1 Å². The molecule has 1 atom stereocenters. The van der Waals surface area contributed by atoms with E-state index in [0.29, 0.717) is 32.5 Å². The Morgan fingerprint density at radius 3 is 2.56 bits per heavy atom. The van der Waals surface area contributed by atoms with Crippen LogP contribution in [0, 0.1) is 5.92 Å². The molecule has 0 bridgehead atoms. The number of hydrogen-bond acceptors (Lipinski definition) is 5. The molecule has 2 aliphatic rings. The summed E-state index contributed by atoms with van der Waals surface area (Å²) in [6, 6.07) is 21.9. The van der Waals surface area contributed by atoms with Crippen LogP contribution >= 0.6 is 11.3 Å². The first kappa shape index (κ1) is 23.1. The highest BCUT2D eigenvalue weighted by atomic mass is 32.1. The minimum atomic E-state index is -0.130. The van der Waals surface area contributed by atoms with Gasteiger partial charge in [-0.1, -0.05) is 59.9 Å². The molecular formula is C29H29N3O3S. The van der Waals surface area contributed by atoms with Gasteiger partial charge < -0.3 is 9.64 Å². The van der Waals surface area contributed by atoms with Crippen LogP contribution in [0.3, 0.4) is 0 Å². The van der Waals surface area contributed by atoms with Crippen LogP contribution in [0.25, 0.3) is 21.0 Å². The van der Waals surface area contributed by atoms with E-state index in [1.54, 1.807) is 11.3 Å². The van der Waals surface area contributed by atoms with Gasteiger partial charge in [-0.3, -0.25) is 14.5 Å². The Hall–Kier alpha value is -3.29. The number of rotatable bonds is 5. The van der Waals surface area contributed by atoms with E-state index in [2.05, 4.69) is 0 Å². The normalized spacial score (nSPS) is 18.7. The lowest BCUT2D eigenvalue weighted by Gasteiger charge is -2.34. The van der Waals surface area contributed by atoms with Crippen LogP contribution in [0.2, 0.25) is 0 Å². The number of amides is 2. The molecule has 6 rings (SSSR count). The lowest BCUT2D eigenvalue weighted by Crippen LogP contribution is -2.46. The van der Waals surface area contributed by atoms with E-state index in [9.17, 15) is 9.59 Å². The Labute approximate surface area is 214 Å². The molecule has 36 heavy (non-hydrogen) atoms. The van der Waals surface area contributed by atoms with Gasteiger partial charge in [0.1, 0.15) is 0 Å². The average Bonchev–Trinajstić information content (AvgIpc) is 3.60. The third-order valence-electron chi connectivity index (χ3n) is 7.34. The molecule has 2 fully saturated rings. The first-order chi connectivity index (χ1) is 17.7. The number of piperidine rings is 1. The van der Waals surface area contributed by atoms with Crippen molar-refractivity contribution in [3.63, 3.8) is 0 Å². The Morgan fingerprint density at radius 2 is 1.75 bits per heavy atom. The molecule has 0 spiro atoms. The monoisotopic (exact) mass is 499 g/mol. The van der Waals surface area contributed by atoms with E-state index in [0.717, 1.165) is 51.1 Å². The fourth-order valence-corrected chi connectivity index (χ4v) is 6.34. The lowest BCUT2D eigenvalue weighted by atomic mass is 9.94. The molecule has 0 saturated carbocycles. The first-order valence-corrected chi connectivity index (χ1v) is 13.5. The molecule has 0 N–H and O–H groups in total. The predicted molar refractivity (Wildman–Crippen MR) is 144 cm³/mol. The smallest absolute Gasteiger partial charge is 0.254 e. The number of benzene rings is 3. The summed E-state index contributed by atoms with van der Waals surface area (Å²) in [4.78, 5) is 35.7. The highest BCUT2D eigenvalue weighted by molar-refractivity contribution is 7.22. The number of likely N-dealkylation sites (tertiary alicyclic amines) is 1. The summed E-state index contributed by atoms with van der Waals surface area (Å²) in [6.07, 6.45) is 3.35. The van der Waals surface area contributed by atoms with E-state index in [1.165, 1.54) is 0 Å². The highest BCUT2D eigenvalue weighted by Crippen LogP contribution is 2.32. The van der Waals surface area contributed by atoms with Crippen LogP contribution in [0.15, 0.2) is 66.7 Å². The minimum absolute atomic E-state index is 0.0417. The topological polar surface area (TPSA) is 62.7 Å². The molecule has 3 aromatic carbocycles. The zero-order chi connectivity index (χ0) is 24.5. The summed E-state index contributed by atoms with van der Waals surface area (Å²) in [7, 11) is 0. The number of nitrogens with zero attached hydrogens (tertiary/aromatic N) is 3. The van der Waals surface area contributed by atoms with Crippen LogP contribution in [0.5, 0.6) is 0 Å². The Bertz CT molecular complexity index is 1360. The van der Waals surface area contributed by atoms with Gasteiger partial charge >= 0.3 is 0 Å². The number of para-hydroxylation sites is 1. The maximum atomic E-state index is 13.8. The first-order valence-electron chi connectivity index (χ1n) is 12.7. The molecule has 0 radical (unpaired) electrons. The van der Waals surface area contributed by atoms with Crippen LogP contribution in [0.1, 0.15) is 36.0 Å². The van der Waals surface area contributed by atoms with Crippen LogP contribution in [-0.2, 0) is 9.53 Å². The third kappa shape index (κ3) is 4.49. The van der Waals surface area contributed by atoms with Gasteiger partial charge in [-0.2, -0.15) is 0 Å². The van der Waals surface area contributed by atoms with Crippen LogP contribution < -0.4 is 4.90 Å². The van der Waals surface area contributed by atoms with Gasteiger partial charge in [-0.25, -0.2) is 4.98 Å². The molecule has 7 heteroatoms. The minimum Gasteiger partial charge on any atom is -0.376 e. The van der Waals surface area contributed by atoms with Crippen molar-refractivity contribution in [3.05, 3.63) is 72.3 Å². The molecule has 2 saturated heterocycles. The maximum Gasteiger partial charge on any atom is 0.254 e. The number of carbonyl (C=O) groups excluding carboxylic acids is 2. The van der Waals surface area contributed by atoms with Gasteiger partial charge in [0.2, 0.25) is 5.91 Å². The molecule has 3 heterocycles. The molecule has 184 valence electrons. The SMILES string of the molecule is O=C(c1cccc2ccccc12)N1CCC(C(=O)N(CC2CCCO2)c2nc3ccccc3s2)CC1. The number of ether oxygens (including phenoxy) is 1. The molecule has 1 unspecified atom stereocenters. The number of thiazole rings is 1. The fraction of sp³-hybridized carbons (Fsp3) is 0.345. The van der Waals surface area contributed by atoms with Crippen molar-refractivity contribution in [3.8, 4) is 0 Å². The van der Waals surface area contributed by atoms with Gasteiger partial charge in [0.25, 0.3) is 5.91 Å². The quantitative estimate of drug-likeness (QED) is 0.363. The van der Waals surface area contributed by atoms with Crippen molar-refractivity contribution in [1.82, 2.24) is 9.88 Å². The number of anilines is 1. The standard InChI is InChI=1S/C29H29N3O3S/c33-27(32(19-22-9-6-18-35-22)29-30-25-12-3-4-13-26(25)36-29)21-14-16-31(17-15-21)28(34)24-11-5-8-20-7-1-2-10-23(20)24/h1-5,7-8,10-13,21-22H,6,9,14-19H2. The third-order valence-corrected chi connectivity index (χ3v) is 8.40. The van der Waals surface area contributed by atoms with Crippen LogP contribution in [-0.4, -0.2) is 54.0 Å². The summed E-state index contributed by atoms with van der Waals surface area (Å²) in [6.45, 7) is 2.44. The Morgan fingerprint density at radius 1 is 0.972 bits per heavy atom. The molecule has 6 nitrogen and oxygen atoms in total. The van der Waals surface area contributed by atoms with Crippen molar-refractivity contribution in [1.29, 1.82) is 0 Å². The van der Waals surface area contributed by atoms with Crippen LogP contribution in [0.4, 0.5) is 5.13 Å². The van der Waals surface area contributed by atoms with Crippen molar-refractivity contribution in [2.24, 2.45) is 5.92 Å². The van der Waals surface area contributed by atoms with E-state index in [-0.39, 0.29) is 23.8 Å². The fourth-order valence-electron chi connectivity index (χ4n) is 5.36. The van der Waals surface area contributed by atoms with Crippen molar-refractivity contribution >= 4 is 49.3 Å². The molecule has 1 aromatic heterocycles. The molecule has 2 aliphatic heterocycles. The van der Waals surface area contributed by atoms with E-state index in [4.69, 9.17) is 9.72 Å². The summed E-state index contributed by atoms with van der Waals surface area (Å²) in [5, 5.41) is 2.78. The molecular weight excluding hydrogens is 470 g/mol. The van der Waals surface area contributed by atoms with Crippen molar-refractivity contribution < 1.29 is 14.3 Å². The Kier molecular flexibility index (Phi) is 6.42. The number of aromatic nitrogens is 1. The van der Waals surface area contributed by atoms with Gasteiger partial charge in [-0.15, -0.1) is 0 Å². The maximum absolute atomic E-state index is 13.8. The summed E-state index contributed by atoms with van der Waals surface area (Å²) < 4.78 is 6.96. The summed E-state index contributed by atoms with van der Waals surface area (Å²) in [5.74, 6) is 0.0110. The van der Waals surface area contributed by atoms with Gasteiger partial charge in [0.15, 0.2) is 5.13 Å². The van der Waals surface area contributed by atoms with Gasteiger partial charge in [-0.05, 0) is 54.7 Å². The van der Waals surface area contributed by atoms with Gasteiger partial charge in [0.05, 0.1) is 22.9 Å². The summed E-state index contributed by atoms with van der Waals surface area (Å²) >= 11 is 1.56. The van der Waals surface area contributed by atoms with Crippen molar-refractivity contribution in [2.45, 2.75) is 31.8 Å². The zero-order valence-corrected chi connectivity index (χ0v) is 21.0. The number of fused-ring (bicyclic) bond motifs is 2. The highest BCUT2D eigenvalue weighted by Gasteiger charge is 2.34.